The van der Waals surface area contributed by atoms with Crippen LogP contribution in [0.4, 0.5) is 4.39 Å². The second kappa shape index (κ2) is 3.56. The maximum atomic E-state index is 13.0. The molecule has 0 heterocycles. The van der Waals surface area contributed by atoms with Crippen LogP contribution in [-0.2, 0) is 0 Å². The number of aryl methyl sites for hydroxylation is 1. The van der Waals surface area contributed by atoms with Gasteiger partial charge in [0.2, 0.25) is 0 Å². The van der Waals surface area contributed by atoms with Gasteiger partial charge in [0.15, 0.2) is 0 Å². The Kier molecular flexibility index (Phi) is 2.28. The van der Waals surface area contributed by atoms with E-state index in [0.29, 0.717) is 5.92 Å². The van der Waals surface area contributed by atoms with Crippen molar-refractivity contribution in [2.75, 3.05) is 0 Å². The van der Waals surface area contributed by atoms with Gasteiger partial charge in [-0.1, -0.05) is 12.5 Å². The number of nitrogens with two attached hydrogens (primary N) is 1. The minimum atomic E-state index is -0.163. The van der Waals surface area contributed by atoms with Crippen molar-refractivity contribution >= 4 is 0 Å². The molecule has 0 saturated heterocycles. The first-order valence-corrected chi connectivity index (χ1v) is 6.20. The maximum absolute atomic E-state index is 13.0. The highest BCUT2D eigenvalue weighted by Crippen LogP contribution is 2.61. The fraction of sp³-hybridized carbons (Fsp3) is 0.571. The molecular weight excluding hydrogens is 201 g/mol. The highest BCUT2D eigenvalue weighted by atomic mass is 19.1. The lowest BCUT2D eigenvalue weighted by Gasteiger charge is -2.16. The van der Waals surface area contributed by atoms with Gasteiger partial charge >= 0.3 is 0 Å². The fourth-order valence-electron chi connectivity index (χ4n) is 3.63. The van der Waals surface area contributed by atoms with Gasteiger partial charge in [-0.3, -0.25) is 0 Å². The predicted octanol–water partition coefficient (Wildman–Crippen LogP) is 3.18. The minimum Gasteiger partial charge on any atom is -0.324 e. The summed E-state index contributed by atoms with van der Waals surface area (Å²) in [5.41, 5.74) is 8.46. The molecule has 16 heavy (non-hydrogen) atoms. The molecule has 86 valence electrons. The molecule has 0 aliphatic heterocycles. The molecule has 0 radical (unpaired) electrons. The molecule has 0 aromatic heterocycles. The Hall–Kier alpha value is -0.890. The molecule has 1 nitrogen and oxygen atoms in total. The summed E-state index contributed by atoms with van der Waals surface area (Å²) >= 11 is 0. The van der Waals surface area contributed by atoms with Gasteiger partial charge in [0, 0.05) is 6.04 Å². The van der Waals surface area contributed by atoms with E-state index in [-0.39, 0.29) is 11.9 Å². The van der Waals surface area contributed by atoms with Crippen molar-refractivity contribution in [3.8, 4) is 0 Å². The van der Waals surface area contributed by atoms with Gasteiger partial charge in [-0.25, -0.2) is 4.39 Å². The molecule has 2 aliphatic carbocycles. The van der Waals surface area contributed by atoms with Crippen LogP contribution in [-0.4, -0.2) is 0 Å². The van der Waals surface area contributed by atoms with Crippen molar-refractivity contribution in [2.45, 2.75) is 32.2 Å². The summed E-state index contributed by atoms with van der Waals surface area (Å²) in [6.07, 6.45) is 4.08. The molecule has 3 unspecified atom stereocenters. The summed E-state index contributed by atoms with van der Waals surface area (Å²) in [5, 5.41) is 0. The normalized spacial score (nSPS) is 33.6. The van der Waals surface area contributed by atoms with Crippen LogP contribution in [0.5, 0.6) is 0 Å². The van der Waals surface area contributed by atoms with Crippen LogP contribution in [0.25, 0.3) is 0 Å². The number of hydrogen-bond donors (Lipinski definition) is 1. The van der Waals surface area contributed by atoms with Crippen molar-refractivity contribution in [3.05, 3.63) is 35.1 Å². The van der Waals surface area contributed by atoms with Gasteiger partial charge < -0.3 is 5.73 Å². The maximum Gasteiger partial charge on any atom is 0.123 e. The monoisotopic (exact) mass is 219 g/mol. The van der Waals surface area contributed by atoms with E-state index in [1.165, 1.54) is 25.3 Å². The zero-order valence-electron chi connectivity index (χ0n) is 9.62. The fourth-order valence-corrected chi connectivity index (χ4v) is 3.63. The smallest absolute Gasteiger partial charge is 0.123 e. The molecule has 2 saturated carbocycles. The molecule has 2 fully saturated rings. The number of hydrogen-bond acceptors (Lipinski definition) is 1. The summed E-state index contributed by atoms with van der Waals surface area (Å²) < 4.78 is 13.0. The number of halogens is 1. The topological polar surface area (TPSA) is 26.0 Å². The van der Waals surface area contributed by atoms with Gasteiger partial charge in [0.1, 0.15) is 5.82 Å². The van der Waals surface area contributed by atoms with Crippen LogP contribution in [0.2, 0.25) is 0 Å². The molecule has 2 aliphatic rings. The highest BCUT2D eigenvalue weighted by Gasteiger charge is 2.55. The van der Waals surface area contributed by atoms with Crippen molar-refractivity contribution in [1.29, 1.82) is 0 Å². The number of rotatable bonds is 2. The van der Waals surface area contributed by atoms with E-state index in [9.17, 15) is 4.39 Å². The molecule has 2 heteroatoms. The predicted molar refractivity (Wildman–Crippen MR) is 62.4 cm³/mol. The van der Waals surface area contributed by atoms with Gasteiger partial charge in [-0.05, 0) is 60.8 Å². The summed E-state index contributed by atoms with van der Waals surface area (Å²) in [4.78, 5) is 0. The Bertz CT molecular complexity index is 405. The number of benzene rings is 1. The van der Waals surface area contributed by atoms with Crippen LogP contribution in [0.1, 0.15) is 36.4 Å². The first kappa shape index (κ1) is 10.3. The van der Waals surface area contributed by atoms with Gasteiger partial charge in [-0.15, -0.1) is 0 Å². The van der Waals surface area contributed by atoms with Crippen molar-refractivity contribution in [1.82, 2.24) is 0 Å². The van der Waals surface area contributed by atoms with Gasteiger partial charge in [0.25, 0.3) is 0 Å². The molecule has 3 atom stereocenters. The quantitative estimate of drug-likeness (QED) is 0.812. The summed E-state index contributed by atoms with van der Waals surface area (Å²) in [6.45, 7) is 1.95. The van der Waals surface area contributed by atoms with E-state index >= 15 is 0 Å². The van der Waals surface area contributed by atoms with Crippen molar-refractivity contribution in [3.63, 3.8) is 0 Å². The second-order valence-electron chi connectivity index (χ2n) is 5.36. The number of fused-ring (bicyclic) bond motifs is 1. The highest BCUT2D eigenvalue weighted by molar-refractivity contribution is 5.31. The van der Waals surface area contributed by atoms with Crippen molar-refractivity contribution in [2.24, 2.45) is 23.5 Å². The average Bonchev–Trinajstić information content (AvgIpc) is 2.71. The molecule has 3 rings (SSSR count). The third kappa shape index (κ3) is 1.47. The molecular formula is C14H18FN. The summed E-state index contributed by atoms with van der Waals surface area (Å²) in [5.74, 6) is 2.22. The molecule has 1 aromatic rings. The molecule has 1 aromatic carbocycles. The largest absolute Gasteiger partial charge is 0.324 e. The Morgan fingerprint density at radius 2 is 2.00 bits per heavy atom. The van der Waals surface area contributed by atoms with Crippen molar-refractivity contribution < 1.29 is 4.39 Å². The van der Waals surface area contributed by atoms with Gasteiger partial charge in [0.05, 0.1) is 0 Å². The molecule has 0 amide bonds. The van der Waals surface area contributed by atoms with E-state index in [1.807, 2.05) is 13.0 Å². The first-order valence-electron chi connectivity index (χ1n) is 6.20. The minimum absolute atomic E-state index is 0.121. The van der Waals surface area contributed by atoms with E-state index in [0.717, 1.165) is 23.0 Å². The van der Waals surface area contributed by atoms with Crippen LogP contribution >= 0.6 is 0 Å². The Morgan fingerprint density at radius 1 is 1.31 bits per heavy atom. The van der Waals surface area contributed by atoms with E-state index < -0.39 is 0 Å². The summed E-state index contributed by atoms with van der Waals surface area (Å²) in [6, 6.07) is 5.10. The first-order chi connectivity index (χ1) is 7.68. The van der Waals surface area contributed by atoms with E-state index in [4.69, 9.17) is 5.73 Å². The third-order valence-corrected chi connectivity index (χ3v) is 4.48. The van der Waals surface area contributed by atoms with Gasteiger partial charge in [-0.2, -0.15) is 0 Å². The Morgan fingerprint density at radius 3 is 2.62 bits per heavy atom. The third-order valence-electron chi connectivity index (χ3n) is 4.48. The van der Waals surface area contributed by atoms with Crippen LogP contribution in [0, 0.1) is 30.5 Å². The lowest BCUT2D eigenvalue weighted by atomic mass is 9.94. The zero-order valence-corrected chi connectivity index (χ0v) is 9.62. The second-order valence-corrected chi connectivity index (χ2v) is 5.36. The Balaban J connectivity index is 1.82. The standard InChI is InChI=1S/C14H18FN/c1-8-7-9(15)5-6-10(8)14(16)13-11-3-2-4-12(11)13/h5-7,11-14H,2-4,16H2,1H3. The van der Waals surface area contributed by atoms with Crippen LogP contribution in [0.3, 0.4) is 0 Å². The lowest BCUT2D eigenvalue weighted by Crippen LogP contribution is -2.16. The van der Waals surface area contributed by atoms with Crippen LogP contribution in [0.15, 0.2) is 18.2 Å². The molecule has 0 spiro atoms. The van der Waals surface area contributed by atoms with Crippen LogP contribution < -0.4 is 5.73 Å². The zero-order chi connectivity index (χ0) is 11.3. The molecule has 2 N–H and O–H groups in total. The SMILES string of the molecule is Cc1cc(F)ccc1C(N)C1C2CCCC21. The van der Waals surface area contributed by atoms with E-state index in [1.54, 1.807) is 6.07 Å². The molecule has 0 bridgehead atoms. The average molecular weight is 219 g/mol. The van der Waals surface area contributed by atoms with E-state index in [2.05, 4.69) is 0 Å². The lowest BCUT2D eigenvalue weighted by molar-refractivity contribution is 0.499. The summed E-state index contributed by atoms with van der Waals surface area (Å²) in [7, 11) is 0. The Labute approximate surface area is 95.8 Å².